The zero-order valence-electron chi connectivity index (χ0n) is 27.6. The van der Waals surface area contributed by atoms with Gasteiger partial charge in [-0.15, -0.1) is 11.8 Å². The number of oxime groups is 1. The van der Waals surface area contributed by atoms with Gasteiger partial charge in [-0.25, -0.2) is 19.1 Å². The number of alkyl halides is 3. The number of aromatic nitrogens is 2. The van der Waals surface area contributed by atoms with E-state index >= 15 is 0 Å². The van der Waals surface area contributed by atoms with Crippen LogP contribution in [-0.2, 0) is 41.8 Å². The van der Waals surface area contributed by atoms with E-state index < -0.39 is 53.0 Å². The number of pyridine rings is 1. The average Bonchev–Trinajstić information content (AvgIpc) is 3.37. The minimum atomic E-state index is -5.19. The zero-order valence-corrected chi connectivity index (χ0v) is 30.0. The van der Waals surface area contributed by atoms with Crippen LogP contribution < -0.4 is 20.7 Å². The van der Waals surface area contributed by atoms with Crippen LogP contribution in [-0.4, -0.2) is 98.0 Å². The Bertz CT molecular complexity index is 1730. The number of amides is 3. The molecule has 0 saturated carbocycles. The zero-order chi connectivity index (χ0) is 38.4. The van der Waals surface area contributed by atoms with Crippen LogP contribution >= 0.6 is 34.7 Å². The summed E-state index contributed by atoms with van der Waals surface area (Å²) < 4.78 is 38.9. The van der Waals surface area contributed by atoms with Crippen LogP contribution in [0.15, 0.2) is 41.0 Å². The molecule has 0 spiro atoms. The Morgan fingerprint density at radius 1 is 1.25 bits per heavy atom. The standard InChI is InChI=1S/C27H32ClN7O7S2.C2HF3O2/c1-6-34(26(40)42-27(2,3)4)11-14-7-9-33(10-8-14)12-15-13-43-23-18(22(37)35(23)19(15)24(38)39)30-21(36)17(32-41-5)16-20(28)44-25(29)31-16;3-2(4,5)1(6)7/h7-10,18,23H,6,11-13H2,1-5H3,(H3-,29,30,31,36,38,39);(H,6,7)/b32-17-;/t18-,23-;/m1./s1. The number of aliphatic carboxylic acids is 2. The lowest BCUT2D eigenvalue weighted by Gasteiger charge is -2.49. The van der Waals surface area contributed by atoms with E-state index in [-0.39, 0.29) is 33.1 Å². The Balaban J connectivity index is 0.000000908. The van der Waals surface area contributed by atoms with Gasteiger partial charge in [0, 0.05) is 36.5 Å². The van der Waals surface area contributed by atoms with E-state index in [2.05, 4.69) is 15.5 Å². The molecule has 16 nitrogen and oxygen atoms in total. The van der Waals surface area contributed by atoms with Crippen molar-refractivity contribution in [3.8, 4) is 0 Å². The van der Waals surface area contributed by atoms with E-state index in [1.54, 1.807) is 21.9 Å². The highest BCUT2D eigenvalue weighted by molar-refractivity contribution is 8.00. The van der Waals surface area contributed by atoms with Crippen molar-refractivity contribution in [2.75, 3.05) is 25.1 Å². The van der Waals surface area contributed by atoms with Gasteiger partial charge in [0.25, 0.3) is 11.8 Å². The fraction of sp³-hybridized carbons (Fsp3) is 0.448. The first-order chi connectivity index (χ1) is 23.7. The molecule has 3 amide bonds. The number of carboxylic acid groups (broad SMARTS) is 2. The number of halogens is 4. The van der Waals surface area contributed by atoms with Gasteiger partial charge in [0.2, 0.25) is 0 Å². The molecular formula is C29H33ClF3N7O9S2. The van der Waals surface area contributed by atoms with Crippen LogP contribution in [0.3, 0.4) is 0 Å². The Labute approximate surface area is 302 Å². The summed E-state index contributed by atoms with van der Waals surface area (Å²) in [7, 11) is 1.24. The van der Waals surface area contributed by atoms with Crippen LogP contribution in [0, 0.1) is 0 Å². The van der Waals surface area contributed by atoms with Crippen molar-refractivity contribution in [2.24, 2.45) is 5.16 Å². The second-order valence-electron chi connectivity index (χ2n) is 11.6. The molecule has 22 heteroatoms. The molecule has 2 aromatic rings. The van der Waals surface area contributed by atoms with E-state index in [0.717, 1.165) is 16.9 Å². The molecule has 0 unspecified atom stereocenters. The second kappa shape index (κ2) is 16.6. The van der Waals surface area contributed by atoms with Crippen LogP contribution in [0.1, 0.15) is 39.0 Å². The molecule has 2 aliphatic rings. The first kappa shape index (κ1) is 40.8. The normalized spacial score (nSPS) is 17.4. The van der Waals surface area contributed by atoms with Gasteiger partial charge in [0.1, 0.15) is 45.8 Å². The van der Waals surface area contributed by atoms with E-state index in [9.17, 15) is 37.5 Å². The number of nitrogens with zero attached hydrogens (tertiary/aromatic N) is 5. The maximum Gasteiger partial charge on any atom is 0.430 e. The smallest absolute Gasteiger partial charge is 0.430 e. The number of carbonyl (C=O) groups excluding carboxylic acids is 4. The SMILES string of the molecule is CCN(Cc1cc[n+](CC2=C(C(=O)O)N3C(=O)[C@@H](NC(=O)/C(=N\OC)c4nc(N)sc4Cl)[C@H]3SC2)cc1)C(=O)OC(C)(C)C.O=C([O-])C(F)(F)F. The number of thioether (sulfide) groups is 1. The van der Waals surface area contributed by atoms with Crippen molar-refractivity contribution in [1.82, 2.24) is 20.1 Å². The van der Waals surface area contributed by atoms with E-state index in [1.807, 2.05) is 39.8 Å². The third kappa shape index (κ3) is 10.4. The Kier molecular flexibility index (Phi) is 13.3. The maximum absolute atomic E-state index is 13.2. The Hall–Kier alpha value is -4.63. The number of nitrogens with one attached hydrogen (secondary N) is 1. The molecule has 0 aromatic carbocycles. The monoisotopic (exact) mass is 779 g/mol. The molecule has 0 aliphatic carbocycles. The molecule has 278 valence electrons. The fourth-order valence-electron chi connectivity index (χ4n) is 4.53. The van der Waals surface area contributed by atoms with E-state index in [0.29, 0.717) is 24.4 Å². The highest BCUT2D eigenvalue weighted by atomic mass is 35.5. The number of thiazole rings is 1. The highest BCUT2D eigenvalue weighted by Crippen LogP contribution is 2.40. The van der Waals surface area contributed by atoms with Crippen molar-refractivity contribution < 1.29 is 61.5 Å². The molecule has 1 fully saturated rings. The molecule has 0 radical (unpaired) electrons. The Morgan fingerprint density at radius 2 is 1.86 bits per heavy atom. The summed E-state index contributed by atoms with van der Waals surface area (Å²) >= 11 is 8.42. The minimum Gasteiger partial charge on any atom is -0.542 e. The molecule has 0 bridgehead atoms. The maximum atomic E-state index is 13.2. The van der Waals surface area contributed by atoms with Gasteiger partial charge in [-0.1, -0.05) is 28.1 Å². The predicted octanol–water partition coefficient (Wildman–Crippen LogP) is 1.51. The predicted molar refractivity (Wildman–Crippen MR) is 175 cm³/mol. The lowest BCUT2D eigenvalue weighted by Crippen LogP contribution is -2.71. The average molecular weight is 780 g/mol. The largest absolute Gasteiger partial charge is 0.542 e. The summed E-state index contributed by atoms with van der Waals surface area (Å²) in [4.78, 5) is 71.4. The number of fused-ring (bicyclic) bond motifs is 1. The number of nitrogen functional groups attached to an aromatic ring is 1. The van der Waals surface area contributed by atoms with Gasteiger partial charge >= 0.3 is 18.2 Å². The van der Waals surface area contributed by atoms with Crippen LogP contribution in [0.2, 0.25) is 4.34 Å². The van der Waals surface area contributed by atoms with Crippen molar-refractivity contribution in [1.29, 1.82) is 0 Å². The summed E-state index contributed by atoms with van der Waals surface area (Å²) in [6.07, 6.45) is -2.03. The number of ether oxygens (including phenoxy) is 1. The summed E-state index contributed by atoms with van der Waals surface area (Å²) in [5.41, 5.74) is 6.11. The van der Waals surface area contributed by atoms with E-state index in [1.165, 1.54) is 23.8 Å². The number of carbonyl (C=O) groups is 5. The summed E-state index contributed by atoms with van der Waals surface area (Å²) in [6.45, 7) is 8.34. The van der Waals surface area contributed by atoms with Gasteiger partial charge < -0.3 is 40.5 Å². The number of β-lactam (4-membered cyclic amide) rings is 1. The fourth-order valence-corrected chi connectivity index (χ4v) is 6.80. The summed E-state index contributed by atoms with van der Waals surface area (Å²) in [6, 6.07) is 2.68. The van der Waals surface area contributed by atoms with Crippen molar-refractivity contribution in [3.05, 3.63) is 51.4 Å². The van der Waals surface area contributed by atoms with Gasteiger partial charge in [-0.3, -0.25) is 14.5 Å². The third-order valence-electron chi connectivity index (χ3n) is 6.73. The van der Waals surface area contributed by atoms with Crippen molar-refractivity contribution in [2.45, 2.75) is 64.0 Å². The third-order valence-corrected chi connectivity index (χ3v) is 9.16. The molecule has 51 heavy (non-hydrogen) atoms. The number of rotatable bonds is 10. The summed E-state index contributed by atoms with van der Waals surface area (Å²) in [5.74, 6) is -5.29. The lowest BCUT2D eigenvalue weighted by molar-refractivity contribution is -0.689. The molecule has 4 N–H and O–H groups in total. The van der Waals surface area contributed by atoms with Crippen molar-refractivity contribution >= 4 is 75.4 Å². The molecule has 2 aromatic heterocycles. The van der Waals surface area contributed by atoms with Crippen LogP contribution in [0.25, 0.3) is 0 Å². The molecule has 4 rings (SSSR count). The van der Waals surface area contributed by atoms with Gasteiger partial charge in [-0.05, 0) is 33.3 Å². The van der Waals surface area contributed by atoms with Crippen LogP contribution in [0.4, 0.5) is 23.1 Å². The van der Waals surface area contributed by atoms with Gasteiger partial charge in [-0.2, -0.15) is 13.2 Å². The second-order valence-corrected chi connectivity index (χ2v) is 14.3. The number of anilines is 1. The Morgan fingerprint density at radius 3 is 2.33 bits per heavy atom. The van der Waals surface area contributed by atoms with Gasteiger partial charge in [0.15, 0.2) is 29.8 Å². The first-order valence-electron chi connectivity index (χ1n) is 14.7. The van der Waals surface area contributed by atoms with E-state index in [4.69, 9.17) is 36.8 Å². The minimum absolute atomic E-state index is 0.0112. The number of nitrogens with two attached hydrogens (primary N) is 1. The summed E-state index contributed by atoms with van der Waals surface area (Å²) in [5, 5.41) is 24.6. The highest BCUT2D eigenvalue weighted by Gasteiger charge is 2.55. The molecule has 1 saturated heterocycles. The number of carboxylic acids is 2. The topological polar surface area (TPSA) is 221 Å². The lowest BCUT2D eigenvalue weighted by atomic mass is 10.0. The quantitative estimate of drug-likeness (QED) is 0.135. The molecule has 4 heterocycles. The van der Waals surface area contributed by atoms with Crippen LogP contribution in [0.5, 0.6) is 0 Å². The van der Waals surface area contributed by atoms with Gasteiger partial charge in [0.05, 0.1) is 0 Å². The first-order valence-corrected chi connectivity index (χ1v) is 16.9. The number of hydrogen-bond donors (Lipinski definition) is 3. The molecule has 2 atom stereocenters. The molecular weight excluding hydrogens is 747 g/mol. The number of hydrogen-bond acceptors (Lipinski definition) is 13. The molecule has 2 aliphatic heterocycles. The van der Waals surface area contributed by atoms with Crippen molar-refractivity contribution in [3.63, 3.8) is 0 Å².